The van der Waals surface area contributed by atoms with Gasteiger partial charge in [0.05, 0.1) is 0 Å². The van der Waals surface area contributed by atoms with Gasteiger partial charge in [-0.3, -0.25) is 4.79 Å². The van der Waals surface area contributed by atoms with Crippen LogP contribution in [0.1, 0.15) is 39.0 Å². The van der Waals surface area contributed by atoms with Gasteiger partial charge in [-0.2, -0.15) is 0 Å². The molecule has 1 atom stereocenters. The molecule has 0 spiro atoms. The second-order valence-electron chi connectivity index (χ2n) is 5.69. The van der Waals surface area contributed by atoms with Crippen molar-refractivity contribution in [1.82, 2.24) is 4.90 Å². The number of carbonyl (C=O) groups is 1. The summed E-state index contributed by atoms with van der Waals surface area (Å²) in [5.41, 5.74) is 6.01. The van der Waals surface area contributed by atoms with E-state index in [0.717, 1.165) is 39.1 Å². The van der Waals surface area contributed by atoms with E-state index in [-0.39, 0.29) is 11.9 Å². The summed E-state index contributed by atoms with van der Waals surface area (Å²) in [6, 6.07) is 0.0960. The number of likely N-dealkylation sites (tertiary alicyclic amines) is 1. The first kappa shape index (κ1) is 13.8. The maximum Gasteiger partial charge on any atom is 0.224 e. The molecule has 0 aromatic rings. The van der Waals surface area contributed by atoms with Crippen molar-refractivity contribution in [1.29, 1.82) is 0 Å². The third kappa shape index (κ3) is 3.95. The first-order chi connectivity index (χ1) is 8.70. The quantitative estimate of drug-likeness (QED) is 0.779. The zero-order valence-corrected chi connectivity index (χ0v) is 11.4. The average Bonchev–Trinajstić information content (AvgIpc) is 3.21. The molecule has 0 radical (unpaired) electrons. The fraction of sp³-hybridized carbons (Fsp3) is 0.929. The van der Waals surface area contributed by atoms with Crippen LogP contribution >= 0.6 is 0 Å². The summed E-state index contributed by atoms with van der Waals surface area (Å²) in [7, 11) is 0. The summed E-state index contributed by atoms with van der Waals surface area (Å²) in [5.74, 6) is 1.50. The van der Waals surface area contributed by atoms with Crippen LogP contribution in [0.4, 0.5) is 0 Å². The topological polar surface area (TPSA) is 55.6 Å². The summed E-state index contributed by atoms with van der Waals surface area (Å²) in [5, 5.41) is 0. The molecule has 1 unspecified atom stereocenters. The smallest absolute Gasteiger partial charge is 0.224 e. The highest BCUT2D eigenvalue weighted by molar-refractivity contribution is 5.77. The number of hydrogen-bond donors (Lipinski definition) is 1. The maximum atomic E-state index is 12.1. The molecule has 1 saturated heterocycles. The van der Waals surface area contributed by atoms with E-state index < -0.39 is 0 Å². The summed E-state index contributed by atoms with van der Waals surface area (Å²) < 4.78 is 5.45. The van der Waals surface area contributed by atoms with Gasteiger partial charge in [-0.25, -0.2) is 0 Å². The SMILES string of the molecule is CCOCC1CCN(C(=O)CC(N)C2CC2)CC1. The van der Waals surface area contributed by atoms with Crippen molar-refractivity contribution in [3.8, 4) is 0 Å². The lowest BCUT2D eigenvalue weighted by atomic mass is 9.97. The third-order valence-electron chi connectivity index (χ3n) is 4.16. The highest BCUT2D eigenvalue weighted by atomic mass is 16.5. The fourth-order valence-corrected chi connectivity index (χ4v) is 2.66. The fourth-order valence-electron chi connectivity index (χ4n) is 2.66. The van der Waals surface area contributed by atoms with Gasteiger partial charge in [0.25, 0.3) is 0 Å². The van der Waals surface area contributed by atoms with E-state index in [4.69, 9.17) is 10.5 Å². The van der Waals surface area contributed by atoms with Gasteiger partial charge < -0.3 is 15.4 Å². The monoisotopic (exact) mass is 254 g/mol. The Morgan fingerprint density at radius 3 is 2.56 bits per heavy atom. The molecular weight excluding hydrogens is 228 g/mol. The standard InChI is InChI=1S/C14H26N2O2/c1-2-18-10-11-5-7-16(8-6-11)14(17)9-13(15)12-3-4-12/h11-13H,2-10,15H2,1H3. The number of hydrogen-bond acceptors (Lipinski definition) is 3. The van der Waals surface area contributed by atoms with E-state index >= 15 is 0 Å². The van der Waals surface area contributed by atoms with Crippen LogP contribution in [0.2, 0.25) is 0 Å². The van der Waals surface area contributed by atoms with Crippen LogP contribution in [0, 0.1) is 11.8 Å². The van der Waals surface area contributed by atoms with E-state index in [9.17, 15) is 4.79 Å². The van der Waals surface area contributed by atoms with E-state index in [0.29, 0.717) is 18.3 Å². The number of piperidine rings is 1. The number of amides is 1. The average molecular weight is 254 g/mol. The van der Waals surface area contributed by atoms with Crippen LogP contribution in [0.5, 0.6) is 0 Å². The normalized spacial score (nSPS) is 23.1. The van der Waals surface area contributed by atoms with Crippen molar-refractivity contribution < 1.29 is 9.53 Å². The van der Waals surface area contributed by atoms with Crippen LogP contribution < -0.4 is 5.73 Å². The van der Waals surface area contributed by atoms with Crippen LogP contribution in [-0.2, 0) is 9.53 Å². The molecule has 2 N–H and O–H groups in total. The minimum atomic E-state index is 0.0960. The molecule has 0 aromatic carbocycles. The van der Waals surface area contributed by atoms with Gasteiger partial charge in [-0.1, -0.05) is 0 Å². The van der Waals surface area contributed by atoms with Gasteiger partial charge >= 0.3 is 0 Å². The molecule has 1 saturated carbocycles. The lowest BCUT2D eigenvalue weighted by Crippen LogP contribution is -2.42. The van der Waals surface area contributed by atoms with Crippen LogP contribution in [0.15, 0.2) is 0 Å². The molecule has 1 aliphatic heterocycles. The number of nitrogens with zero attached hydrogens (tertiary/aromatic N) is 1. The van der Waals surface area contributed by atoms with E-state index in [1.165, 1.54) is 12.8 Å². The third-order valence-corrected chi connectivity index (χ3v) is 4.16. The number of nitrogens with two attached hydrogens (primary N) is 1. The van der Waals surface area contributed by atoms with Crippen molar-refractivity contribution in [2.24, 2.45) is 17.6 Å². The lowest BCUT2D eigenvalue weighted by Gasteiger charge is -2.32. The van der Waals surface area contributed by atoms with E-state index in [1.54, 1.807) is 0 Å². The first-order valence-corrected chi connectivity index (χ1v) is 7.31. The maximum absolute atomic E-state index is 12.1. The minimum Gasteiger partial charge on any atom is -0.381 e. The van der Waals surface area contributed by atoms with Gasteiger partial charge in [0, 0.05) is 38.8 Å². The summed E-state index contributed by atoms with van der Waals surface area (Å²) in [6.45, 7) is 5.43. The zero-order chi connectivity index (χ0) is 13.0. The van der Waals surface area contributed by atoms with Crippen molar-refractivity contribution in [2.45, 2.75) is 45.1 Å². The number of carbonyl (C=O) groups excluding carboxylic acids is 1. The van der Waals surface area contributed by atoms with E-state index in [1.807, 2.05) is 11.8 Å². The van der Waals surface area contributed by atoms with Crippen LogP contribution in [-0.4, -0.2) is 43.2 Å². The molecular formula is C14H26N2O2. The van der Waals surface area contributed by atoms with Crippen molar-refractivity contribution >= 4 is 5.91 Å². The molecule has 0 aromatic heterocycles. The Hall–Kier alpha value is -0.610. The van der Waals surface area contributed by atoms with Crippen molar-refractivity contribution in [3.05, 3.63) is 0 Å². The molecule has 2 aliphatic rings. The summed E-state index contributed by atoms with van der Waals surface area (Å²) >= 11 is 0. The Morgan fingerprint density at radius 1 is 1.33 bits per heavy atom. The largest absolute Gasteiger partial charge is 0.381 e. The summed E-state index contributed by atoms with van der Waals surface area (Å²) in [4.78, 5) is 14.1. The molecule has 4 nitrogen and oxygen atoms in total. The molecule has 18 heavy (non-hydrogen) atoms. The highest BCUT2D eigenvalue weighted by Crippen LogP contribution is 2.33. The molecule has 2 fully saturated rings. The predicted molar refractivity (Wildman–Crippen MR) is 71.1 cm³/mol. The predicted octanol–water partition coefficient (Wildman–Crippen LogP) is 1.39. The van der Waals surface area contributed by atoms with Gasteiger partial charge in [0.2, 0.25) is 5.91 Å². The Morgan fingerprint density at radius 2 is 2.00 bits per heavy atom. The second kappa shape index (κ2) is 6.53. The molecule has 4 heteroatoms. The first-order valence-electron chi connectivity index (χ1n) is 7.31. The van der Waals surface area contributed by atoms with Crippen molar-refractivity contribution in [3.63, 3.8) is 0 Å². The van der Waals surface area contributed by atoms with Crippen LogP contribution in [0.25, 0.3) is 0 Å². The molecule has 1 aliphatic carbocycles. The Labute approximate surface area is 110 Å². The molecule has 2 rings (SSSR count). The Kier molecular flexibility index (Phi) is 5.01. The second-order valence-corrected chi connectivity index (χ2v) is 5.69. The molecule has 1 amide bonds. The Bertz CT molecular complexity index is 271. The van der Waals surface area contributed by atoms with Crippen LogP contribution in [0.3, 0.4) is 0 Å². The minimum absolute atomic E-state index is 0.0960. The van der Waals surface area contributed by atoms with Gasteiger partial charge in [-0.05, 0) is 44.4 Å². The lowest BCUT2D eigenvalue weighted by molar-refractivity contribution is -0.133. The number of rotatable bonds is 6. The number of ether oxygens (including phenoxy) is 1. The molecule has 0 bridgehead atoms. The van der Waals surface area contributed by atoms with Gasteiger partial charge in [-0.15, -0.1) is 0 Å². The molecule has 1 heterocycles. The Balaban J connectivity index is 1.66. The van der Waals surface area contributed by atoms with E-state index in [2.05, 4.69) is 0 Å². The van der Waals surface area contributed by atoms with Gasteiger partial charge in [0.15, 0.2) is 0 Å². The summed E-state index contributed by atoms with van der Waals surface area (Å²) in [6.07, 6.45) is 5.12. The van der Waals surface area contributed by atoms with Gasteiger partial charge in [0.1, 0.15) is 0 Å². The zero-order valence-electron chi connectivity index (χ0n) is 11.4. The highest BCUT2D eigenvalue weighted by Gasteiger charge is 2.31. The molecule has 104 valence electrons. The van der Waals surface area contributed by atoms with Crippen molar-refractivity contribution in [2.75, 3.05) is 26.3 Å².